The highest BCUT2D eigenvalue weighted by atomic mass is 35.5. The highest BCUT2D eigenvalue weighted by molar-refractivity contribution is 7.77. The van der Waals surface area contributed by atoms with Crippen molar-refractivity contribution in [2.24, 2.45) is 0 Å². The van der Waals surface area contributed by atoms with Crippen molar-refractivity contribution in [2.45, 2.75) is 37.2 Å². The van der Waals surface area contributed by atoms with Crippen LogP contribution in [0.2, 0.25) is 10.0 Å². The standard InChI is InChI=1S/C19H17Cl2N3O5S/c20-11-8-14(21)17(22-9-11)29-12-3-5-19(6-4-12)13-7-10(16(25)24-30(27)28)1-2-15(13)23-18(19)26/h1-2,7-9,12H,3-6H2,(H,23,26)(H,24,25)(H,27,28). The van der Waals surface area contributed by atoms with E-state index >= 15 is 0 Å². The lowest BCUT2D eigenvalue weighted by Gasteiger charge is -2.35. The van der Waals surface area contributed by atoms with Gasteiger partial charge in [0, 0.05) is 17.4 Å². The molecule has 3 N–H and O–H groups in total. The SMILES string of the molecule is O=C(NS(=O)O)c1ccc2c(c1)C1(CCC(Oc3ncc(Cl)cc3Cl)CC1)C(=O)N2. The van der Waals surface area contributed by atoms with Crippen LogP contribution in [0.25, 0.3) is 0 Å². The van der Waals surface area contributed by atoms with E-state index in [0.29, 0.717) is 52.9 Å². The molecule has 0 bridgehead atoms. The van der Waals surface area contributed by atoms with Crippen molar-refractivity contribution < 1.29 is 23.1 Å². The number of aromatic nitrogens is 1. The monoisotopic (exact) mass is 469 g/mol. The van der Waals surface area contributed by atoms with Crippen molar-refractivity contribution >= 4 is 52.0 Å². The number of hydrogen-bond acceptors (Lipinski definition) is 5. The van der Waals surface area contributed by atoms with Gasteiger partial charge in [0.15, 0.2) is 0 Å². The van der Waals surface area contributed by atoms with Gasteiger partial charge >= 0.3 is 0 Å². The molecule has 1 spiro atoms. The fourth-order valence-electron chi connectivity index (χ4n) is 4.04. The first kappa shape index (κ1) is 21.0. The number of amides is 2. The number of ether oxygens (including phenoxy) is 1. The lowest BCUT2D eigenvalue weighted by molar-refractivity contribution is -0.122. The second kappa shape index (κ2) is 8.14. The fourth-order valence-corrected chi connectivity index (χ4v) is 4.74. The van der Waals surface area contributed by atoms with E-state index in [1.807, 2.05) is 4.72 Å². The lowest BCUT2D eigenvalue weighted by atomic mass is 9.69. The molecule has 2 heterocycles. The van der Waals surface area contributed by atoms with E-state index in [9.17, 15) is 13.8 Å². The molecular formula is C19H17Cl2N3O5S. The molecule has 30 heavy (non-hydrogen) atoms. The molecule has 11 heteroatoms. The fraction of sp³-hybridized carbons (Fsp3) is 0.316. The Kier molecular flexibility index (Phi) is 5.71. The second-order valence-electron chi connectivity index (χ2n) is 7.23. The quantitative estimate of drug-likeness (QED) is 0.590. The Morgan fingerprint density at radius 2 is 2.03 bits per heavy atom. The predicted molar refractivity (Wildman–Crippen MR) is 112 cm³/mol. The zero-order valence-electron chi connectivity index (χ0n) is 15.5. The largest absolute Gasteiger partial charge is 0.473 e. The number of rotatable bonds is 4. The van der Waals surface area contributed by atoms with Gasteiger partial charge in [0.1, 0.15) is 11.1 Å². The average Bonchev–Trinajstić information content (AvgIpc) is 2.96. The highest BCUT2D eigenvalue weighted by Crippen LogP contribution is 2.48. The van der Waals surface area contributed by atoms with Crippen LogP contribution < -0.4 is 14.8 Å². The number of carbonyl (C=O) groups is 2. The minimum Gasteiger partial charge on any atom is -0.473 e. The lowest BCUT2D eigenvalue weighted by Crippen LogP contribution is -2.41. The molecule has 1 aromatic heterocycles. The van der Waals surface area contributed by atoms with Crippen LogP contribution in [0.3, 0.4) is 0 Å². The van der Waals surface area contributed by atoms with Crippen LogP contribution in [0.4, 0.5) is 5.69 Å². The number of fused-ring (bicyclic) bond motifs is 2. The van der Waals surface area contributed by atoms with Crippen molar-refractivity contribution in [2.75, 3.05) is 5.32 Å². The maximum absolute atomic E-state index is 12.8. The van der Waals surface area contributed by atoms with Crippen molar-refractivity contribution in [3.63, 3.8) is 0 Å². The molecule has 1 unspecified atom stereocenters. The van der Waals surface area contributed by atoms with Crippen LogP contribution in [0.1, 0.15) is 41.6 Å². The molecule has 0 saturated heterocycles. The molecule has 1 aliphatic heterocycles. The van der Waals surface area contributed by atoms with Gasteiger partial charge in [-0.2, -0.15) is 0 Å². The first-order chi connectivity index (χ1) is 14.3. The van der Waals surface area contributed by atoms with Gasteiger partial charge in [0.2, 0.25) is 11.8 Å². The Morgan fingerprint density at radius 3 is 2.70 bits per heavy atom. The zero-order chi connectivity index (χ0) is 21.5. The Balaban J connectivity index is 1.53. The van der Waals surface area contributed by atoms with Gasteiger partial charge in [0.05, 0.1) is 10.4 Å². The normalized spacial score (nSPS) is 23.6. The maximum Gasteiger partial charge on any atom is 0.264 e. The molecule has 1 atom stereocenters. The molecule has 1 aromatic carbocycles. The third-order valence-electron chi connectivity index (χ3n) is 5.50. The first-order valence-corrected chi connectivity index (χ1v) is 11.0. The molecule has 1 fully saturated rings. The van der Waals surface area contributed by atoms with Gasteiger partial charge in [-0.25, -0.2) is 13.9 Å². The van der Waals surface area contributed by atoms with Gasteiger partial charge in [0.25, 0.3) is 17.2 Å². The Hall–Kier alpha value is -2.20. The minimum atomic E-state index is -2.47. The molecule has 2 amide bonds. The van der Waals surface area contributed by atoms with Gasteiger partial charge in [-0.1, -0.05) is 23.2 Å². The Morgan fingerprint density at radius 1 is 1.30 bits per heavy atom. The van der Waals surface area contributed by atoms with E-state index in [4.69, 9.17) is 32.5 Å². The number of pyridine rings is 1. The van der Waals surface area contributed by atoms with Crippen LogP contribution in [-0.2, 0) is 21.5 Å². The molecule has 0 radical (unpaired) electrons. The number of hydrogen-bond donors (Lipinski definition) is 3. The molecular weight excluding hydrogens is 453 g/mol. The third kappa shape index (κ3) is 3.90. The topological polar surface area (TPSA) is 118 Å². The van der Waals surface area contributed by atoms with Crippen molar-refractivity contribution in [1.82, 2.24) is 9.71 Å². The number of carbonyl (C=O) groups excluding carboxylic acids is 2. The van der Waals surface area contributed by atoms with E-state index in [-0.39, 0.29) is 17.6 Å². The summed E-state index contributed by atoms with van der Waals surface area (Å²) in [4.78, 5) is 29.0. The van der Waals surface area contributed by atoms with Crippen LogP contribution in [-0.4, -0.2) is 31.7 Å². The summed E-state index contributed by atoms with van der Waals surface area (Å²) in [5.74, 6) is -0.509. The van der Waals surface area contributed by atoms with Crippen LogP contribution in [0.15, 0.2) is 30.5 Å². The van der Waals surface area contributed by atoms with Crippen LogP contribution in [0, 0.1) is 0 Å². The molecule has 1 aliphatic carbocycles. The van der Waals surface area contributed by atoms with E-state index < -0.39 is 22.6 Å². The summed E-state index contributed by atoms with van der Waals surface area (Å²) < 4.78 is 27.6. The number of halogens is 2. The van der Waals surface area contributed by atoms with Crippen molar-refractivity contribution in [3.8, 4) is 5.88 Å². The van der Waals surface area contributed by atoms with E-state index in [0.717, 1.165) is 0 Å². The van der Waals surface area contributed by atoms with Crippen molar-refractivity contribution in [1.29, 1.82) is 0 Å². The second-order valence-corrected chi connectivity index (χ2v) is 8.78. The summed E-state index contributed by atoms with van der Waals surface area (Å²) in [5, 5.41) is 3.61. The Labute approximate surface area is 184 Å². The molecule has 8 nitrogen and oxygen atoms in total. The van der Waals surface area contributed by atoms with Crippen LogP contribution >= 0.6 is 23.2 Å². The highest BCUT2D eigenvalue weighted by Gasteiger charge is 2.49. The van der Waals surface area contributed by atoms with Gasteiger partial charge in [-0.05, 0) is 55.5 Å². The third-order valence-corrected chi connectivity index (χ3v) is 6.34. The summed E-state index contributed by atoms with van der Waals surface area (Å²) in [5.41, 5.74) is 0.789. The number of nitrogens with one attached hydrogen (secondary N) is 2. The van der Waals surface area contributed by atoms with Gasteiger partial charge < -0.3 is 10.1 Å². The molecule has 1 saturated carbocycles. The van der Waals surface area contributed by atoms with Crippen LogP contribution in [0.5, 0.6) is 5.88 Å². The molecule has 4 rings (SSSR count). The summed E-state index contributed by atoms with van der Waals surface area (Å²) >= 11 is 9.53. The number of nitrogens with zero attached hydrogens (tertiary/aromatic N) is 1. The molecule has 158 valence electrons. The number of anilines is 1. The van der Waals surface area contributed by atoms with Gasteiger partial charge in [-0.15, -0.1) is 0 Å². The number of benzene rings is 1. The maximum atomic E-state index is 12.8. The minimum absolute atomic E-state index is 0.123. The molecule has 2 aliphatic rings. The van der Waals surface area contributed by atoms with E-state index in [1.165, 1.54) is 12.3 Å². The Bertz CT molecular complexity index is 1060. The summed E-state index contributed by atoms with van der Waals surface area (Å²) in [7, 11) is 0. The smallest absolute Gasteiger partial charge is 0.264 e. The average molecular weight is 470 g/mol. The summed E-state index contributed by atoms with van der Waals surface area (Å²) in [6, 6.07) is 6.30. The summed E-state index contributed by atoms with van der Waals surface area (Å²) in [6.45, 7) is 0. The summed E-state index contributed by atoms with van der Waals surface area (Å²) in [6.07, 6.45) is 3.49. The van der Waals surface area contributed by atoms with E-state index in [1.54, 1.807) is 18.2 Å². The van der Waals surface area contributed by atoms with Crippen molar-refractivity contribution in [3.05, 3.63) is 51.6 Å². The first-order valence-electron chi connectivity index (χ1n) is 9.14. The zero-order valence-corrected chi connectivity index (χ0v) is 17.8. The predicted octanol–water partition coefficient (Wildman–Crippen LogP) is 3.47. The van der Waals surface area contributed by atoms with E-state index in [2.05, 4.69) is 10.3 Å². The molecule has 2 aromatic rings. The van der Waals surface area contributed by atoms with Gasteiger partial charge in [-0.3, -0.25) is 14.1 Å².